The molecule has 0 bridgehead atoms. The van der Waals surface area contributed by atoms with Crippen molar-refractivity contribution in [2.75, 3.05) is 20.8 Å². The zero-order valence-electron chi connectivity index (χ0n) is 11.3. The molecule has 0 aliphatic rings. The fraction of sp³-hybridized carbons (Fsp3) is 0.286. The maximum absolute atomic E-state index is 11.5. The van der Waals surface area contributed by atoms with Crippen molar-refractivity contribution in [2.24, 2.45) is 0 Å². The highest BCUT2D eigenvalue weighted by Gasteiger charge is 2.15. The summed E-state index contributed by atoms with van der Waals surface area (Å²) in [5.41, 5.74) is 0.749. The van der Waals surface area contributed by atoms with Gasteiger partial charge >= 0.3 is 5.97 Å². The zero-order valence-corrected chi connectivity index (χ0v) is 11.3. The van der Waals surface area contributed by atoms with Gasteiger partial charge in [-0.3, -0.25) is 4.79 Å². The molecule has 108 valence electrons. The van der Waals surface area contributed by atoms with Gasteiger partial charge in [0.2, 0.25) is 5.91 Å². The van der Waals surface area contributed by atoms with Crippen LogP contribution in [0, 0.1) is 0 Å². The fourth-order valence-corrected chi connectivity index (χ4v) is 1.45. The predicted molar refractivity (Wildman–Crippen MR) is 73.1 cm³/mol. The third-order valence-corrected chi connectivity index (χ3v) is 2.50. The molecule has 1 atom stereocenters. The molecular formula is C14H17NO5. The molecule has 0 aliphatic carbocycles. The first-order valence-electron chi connectivity index (χ1n) is 5.93. The number of aliphatic hydroxyl groups excluding tert-OH is 1. The molecule has 0 saturated heterocycles. The number of esters is 1. The minimum absolute atomic E-state index is 0.207. The van der Waals surface area contributed by atoms with Crippen LogP contribution in [0.15, 0.2) is 30.3 Å². The van der Waals surface area contributed by atoms with E-state index in [1.807, 2.05) is 12.1 Å². The average Bonchev–Trinajstić information content (AvgIpc) is 2.49. The van der Waals surface area contributed by atoms with E-state index in [2.05, 4.69) is 10.1 Å². The normalized spacial score (nSPS) is 11.9. The van der Waals surface area contributed by atoms with Crippen molar-refractivity contribution >= 4 is 18.0 Å². The van der Waals surface area contributed by atoms with Gasteiger partial charge < -0.3 is 19.9 Å². The summed E-state index contributed by atoms with van der Waals surface area (Å²) in [5, 5.41) is 11.7. The smallest absolute Gasteiger partial charge is 0.336 e. The lowest BCUT2D eigenvalue weighted by Crippen LogP contribution is -2.36. The van der Waals surface area contributed by atoms with Crippen molar-refractivity contribution in [3.8, 4) is 5.75 Å². The fourth-order valence-electron chi connectivity index (χ4n) is 1.45. The number of aliphatic hydroxyl groups is 1. The minimum Gasteiger partial charge on any atom is -0.496 e. The van der Waals surface area contributed by atoms with Crippen molar-refractivity contribution in [3.63, 3.8) is 0 Å². The van der Waals surface area contributed by atoms with Gasteiger partial charge in [-0.2, -0.15) is 0 Å². The minimum atomic E-state index is -1.37. The summed E-state index contributed by atoms with van der Waals surface area (Å²) in [6.45, 7) is -0.207. The lowest BCUT2D eigenvalue weighted by atomic mass is 10.2. The van der Waals surface area contributed by atoms with Crippen LogP contribution >= 0.6 is 0 Å². The second-order valence-corrected chi connectivity index (χ2v) is 3.86. The molecule has 0 radical (unpaired) electrons. The molecule has 1 rings (SSSR count). The van der Waals surface area contributed by atoms with Crippen molar-refractivity contribution in [2.45, 2.75) is 6.10 Å². The summed E-state index contributed by atoms with van der Waals surface area (Å²) in [5.74, 6) is -0.580. The number of carbonyl (C=O) groups is 2. The molecule has 20 heavy (non-hydrogen) atoms. The van der Waals surface area contributed by atoms with Gasteiger partial charge in [-0.15, -0.1) is 0 Å². The van der Waals surface area contributed by atoms with Crippen molar-refractivity contribution in [1.29, 1.82) is 0 Å². The topological polar surface area (TPSA) is 84.9 Å². The van der Waals surface area contributed by atoms with E-state index in [1.165, 1.54) is 6.08 Å². The van der Waals surface area contributed by atoms with Crippen LogP contribution in [0.1, 0.15) is 5.56 Å². The van der Waals surface area contributed by atoms with E-state index in [0.29, 0.717) is 5.75 Å². The largest absolute Gasteiger partial charge is 0.496 e. The number of nitrogens with one attached hydrogen (secondary N) is 1. The molecular weight excluding hydrogens is 262 g/mol. The van der Waals surface area contributed by atoms with Gasteiger partial charge in [0.25, 0.3) is 0 Å². The molecule has 0 spiro atoms. The van der Waals surface area contributed by atoms with Gasteiger partial charge in [0.15, 0.2) is 6.10 Å². The Kier molecular flexibility index (Phi) is 6.25. The molecule has 6 heteroatoms. The summed E-state index contributed by atoms with van der Waals surface area (Å²) in [6.07, 6.45) is 1.50. The number of hydrogen-bond donors (Lipinski definition) is 2. The Morgan fingerprint density at radius 2 is 2.05 bits per heavy atom. The summed E-state index contributed by atoms with van der Waals surface area (Å²) in [6, 6.07) is 7.22. The van der Waals surface area contributed by atoms with Crippen LogP contribution < -0.4 is 10.1 Å². The summed E-state index contributed by atoms with van der Waals surface area (Å²) < 4.78 is 9.47. The summed E-state index contributed by atoms with van der Waals surface area (Å²) in [4.78, 5) is 22.5. The van der Waals surface area contributed by atoms with Crippen LogP contribution in [0.2, 0.25) is 0 Å². The predicted octanol–water partition coefficient (Wildman–Crippen LogP) is 0.358. The molecule has 1 aromatic rings. The Balaban J connectivity index is 2.54. The molecule has 0 heterocycles. The van der Waals surface area contributed by atoms with Crippen molar-refractivity contribution in [3.05, 3.63) is 35.9 Å². The van der Waals surface area contributed by atoms with Gasteiger partial charge in [0.05, 0.1) is 20.8 Å². The Morgan fingerprint density at radius 1 is 1.35 bits per heavy atom. The molecule has 0 aliphatic heterocycles. The van der Waals surface area contributed by atoms with Crippen LogP contribution in [-0.4, -0.2) is 43.9 Å². The maximum atomic E-state index is 11.5. The molecule has 0 aromatic heterocycles. The monoisotopic (exact) mass is 279 g/mol. The second kappa shape index (κ2) is 7.96. The van der Waals surface area contributed by atoms with Gasteiger partial charge in [0, 0.05) is 11.6 Å². The molecule has 0 saturated carbocycles. The van der Waals surface area contributed by atoms with E-state index < -0.39 is 18.0 Å². The van der Waals surface area contributed by atoms with Gasteiger partial charge in [-0.25, -0.2) is 4.79 Å². The van der Waals surface area contributed by atoms with Gasteiger partial charge in [-0.05, 0) is 12.1 Å². The Labute approximate surface area is 117 Å². The average molecular weight is 279 g/mol. The van der Waals surface area contributed by atoms with E-state index in [0.717, 1.165) is 12.7 Å². The summed E-state index contributed by atoms with van der Waals surface area (Å²) in [7, 11) is 2.70. The lowest BCUT2D eigenvalue weighted by molar-refractivity contribution is -0.150. The van der Waals surface area contributed by atoms with Gasteiger partial charge in [0.1, 0.15) is 5.75 Å². The van der Waals surface area contributed by atoms with E-state index in [-0.39, 0.29) is 6.54 Å². The lowest BCUT2D eigenvalue weighted by Gasteiger charge is -2.08. The van der Waals surface area contributed by atoms with E-state index in [9.17, 15) is 14.7 Å². The molecule has 1 amide bonds. The quantitative estimate of drug-likeness (QED) is 0.580. The molecule has 1 unspecified atom stereocenters. The highest BCUT2D eigenvalue weighted by Crippen LogP contribution is 2.18. The standard InChI is InChI=1S/C14H17NO5/c1-19-12-6-4-3-5-10(12)7-8-13(17)15-9-11(16)14(18)20-2/h3-8,11,16H,9H2,1-2H3,(H,15,17)/b8-7+. The number of amides is 1. The van der Waals surface area contributed by atoms with Crippen LogP contribution in [-0.2, 0) is 14.3 Å². The van der Waals surface area contributed by atoms with Crippen molar-refractivity contribution in [1.82, 2.24) is 5.32 Å². The second-order valence-electron chi connectivity index (χ2n) is 3.86. The first kappa shape index (κ1) is 15.7. The summed E-state index contributed by atoms with van der Waals surface area (Å²) >= 11 is 0. The van der Waals surface area contributed by atoms with E-state index in [1.54, 1.807) is 25.3 Å². The van der Waals surface area contributed by atoms with Crippen LogP contribution in [0.25, 0.3) is 6.08 Å². The van der Waals surface area contributed by atoms with Crippen LogP contribution in [0.3, 0.4) is 0 Å². The zero-order chi connectivity index (χ0) is 15.0. The highest BCUT2D eigenvalue weighted by molar-refractivity contribution is 5.92. The molecule has 1 aromatic carbocycles. The first-order valence-corrected chi connectivity index (χ1v) is 5.93. The SMILES string of the molecule is COC(=O)C(O)CNC(=O)/C=C/c1ccccc1OC. The van der Waals surface area contributed by atoms with Gasteiger partial charge in [-0.1, -0.05) is 18.2 Å². The van der Waals surface area contributed by atoms with E-state index >= 15 is 0 Å². The van der Waals surface area contributed by atoms with E-state index in [4.69, 9.17) is 4.74 Å². The molecule has 6 nitrogen and oxygen atoms in total. The molecule has 2 N–H and O–H groups in total. The Hall–Kier alpha value is -2.34. The Morgan fingerprint density at radius 3 is 2.70 bits per heavy atom. The maximum Gasteiger partial charge on any atom is 0.336 e. The Bertz CT molecular complexity index is 498. The third kappa shape index (κ3) is 4.74. The van der Waals surface area contributed by atoms with Crippen LogP contribution in [0.5, 0.6) is 5.75 Å². The first-order chi connectivity index (χ1) is 9.58. The molecule has 0 fully saturated rings. The number of rotatable bonds is 6. The van der Waals surface area contributed by atoms with Crippen molar-refractivity contribution < 1.29 is 24.2 Å². The third-order valence-electron chi connectivity index (χ3n) is 2.50. The number of ether oxygens (including phenoxy) is 2. The number of benzene rings is 1. The number of methoxy groups -OCH3 is 2. The highest BCUT2D eigenvalue weighted by atomic mass is 16.5. The van der Waals surface area contributed by atoms with Crippen LogP contribution in [0.4, 0.5) is 0 Å². The number of carbonyl (C=O) groups excluding carboxylic acids is 2. The number of para-hydroxylation sites is 1. The number of hydrogen-bond acceptors (Lipinski definition) is 5.